The minimum Gasteiger partial charge on any atom is -0.436 e. The van der Waals surface area contributed by atoms with Crippen molar-refractivity contribution in [2.75, 3.05) is 13.6 Å². The van der Waals surface area contributed by atoms with E-state index in [0.717, 1.165) is 0 Å². The summed E-state index contributed by atoms with van der Waals surface area (Å²) in [4.78, 5) is 25.8. The average Bonchev–Trinajstić information content (AvgIpc) is 2.53. The van der Waals surface area contributed by atoms with Gasteiger partial charge in [-0.15, -0.1) is 0 Å². The lowest BCUT2D eigenvalue weighted by atomic mass is 9.94. The quantitative estimate of drug-likeness (QED) is 0.839. The predicted molar refractivity (Wildman–Crippen MR) is 93.3 cm³/mol. The second kappa shape index (κ2) is 6.86. The van der Waals surface area contributed by atoms with Gasteiger partial charge in [-0.2, -0.15) is 0 Å². The SMILES string of the molecule is C=C1c2ccccc2C(=O)N(C)C1OC(=O)CNS(=O)C(C)(C)C. The van der Waals surface area contributed by atoms with E-state index >= 15 is 0 Å². The highest BCUT2D eigenvalue weighted by Gasteiger charge is 2.35. The summed E-state index contributed by atoms with van der Waals surface area (Å²) in [5, 5.41) is 0. The molecular formula is C17H22N2O4S. The smallest absolute Gasteiger partial charge is 0.323 e. The predicted octanol–water partition coefficient (Wildman–Crippen LogP) is 1.71. The fraction of sp³-hybridized carbons (Fsp3) is 0.412. The minimum absolute atomic E-state index is 0.211. The van der Waals surface area contributed by atoms with Gasteiger partial charge in [-0.25, -0.2) is 8.93 Å². The molecule has 0 fully saturated rings. The number of fused-ring (bicyclic) bond motifs is 1. The van der Waals surface area contributed by atoms with E-state index < -0.39 is 27.9 Å². The maximum atomic E-state index is 12.4. The van der Waals surface area contributed by atoms with Crippen molar-refractivity contribution < 1.29 is 18.5 Å². The highest BCUT2D eigenvalue weighted by Crippen LogP contribution is 2.30. The molecular weight excluding hydrogens is 328 g/mol. The van der Waals surface area contributed by atoms with Crippen LogP contribution in [0.3, 0.4) is 0 Å². The number of ether oxygens (including phenoxy) is 1. The van der Waals surface area contributed by atoms with Crippen molar-refractivity contribution >= 4 is 28.4 Å². The largest absolute Gasteiger partial charge is 0.436 e. The number of carbonyl (C=O) groups is 2. The number of nitrogens with zero attached hydrogens (tertiary/aromatic N) is 1. The number of carbonyl (C=O) groups excluding carboxylic acids is 2. The Kier molecular flexibility index (Phi) is 5.25. The van der Waals surface area contributed by atoms with E-state index in [-0.39, 0.29) is 12.5 Å². The zero-order valence-corrected chi connectivity index (χ0v) is 15.1. The summed E-state index contributed by atoms with van der Waals surface area (Å²) < 4.78 is 19.4. The Morgan fingerprint density at radius 2 is 1.92 bits per heavy atom. The number of benzene rings is 1. The molecule has 1 N–H and O–H groups in total. The molecule has 1 aromatic rings. The lowest BCUT2D eigenvalue weighted by Gasteiger charge is -2.34. The number of esters is 1. The molecule has 1 aliphatic heterocycles. The van der Waals surface area contributed by atoms with E-state index in [1.165, 1.54) is 4.90 Å². The molecule has 0 bridgehead atoms. The van der Waals surface area contributed by atoms with Crippen LogP contribution in [0.5, 0.6) is 0 Å². The van der Waals surface area contributed by atoms with Crippen molar-refractivity contribution in [2.24, 2.45) is 0 Å². The van der Waals surface area contributed by atoms with Crippen LogP contribution in [-0.4, -0.2) is 45.6 Å². The average molecular weight is 350 g/mol. The fourth-order valence-electron chi connectivity index (χ4n) is 2.27. The Morgan fingerprint density at radius 1 is 1.33 bits per heavy atom. The third-order valence-corrected chi connectivity index (χ3v) is 5.14. The number of hydrogen-bond acceptors (Lipinski definition) is 4. The van der Waals surface area contributed by atoms with Crippen LogP contribution in [0, 0.1) is 0 Å². The van der Waals surface area contributed by atoms with Crippen LogP contribution in [0.15, 0.2) is 30.8 Å². The molecule has 2 unspecified atom stereocenters. The maximum absolute atomic E-state index is 12.4. The number of nitrogens with one attached hydrogen (secondary N) is 1. The summed E-state index contributed by atoms with van der Waals surface area (Å²) in [6.07, 6.45) is -0.871. The molecule has 130 valence electrons. The van der Waals surface area contributed by atoms with Crippen molar-refractivity contribution in [3.63, 3.8) is 0 Å². The first-order valence-electron chi connectivity index (χ1n) is 7.53. The topological polar surface area (TPSA) is 75.7 Å². The van der Waals surface area contributed by atoms with Crippen LogP contribution < -0.4 is 4.72 Å². The Hall–Kier alpha value is -1.99. The molecule has 6 nitrogen and oxygen atoms in total. The second-order valence-electron chi connectivity index (χ2n) is 6.53. The van der Waals surface area contributed by atoms with E-state index in [1.54, 1.807) is 52.1 Å². The highest BCUT2D eigenvalue weighted by atomic mass is 32.2. The van der Waals surface area contributed by atoms with Crippen molar-refractivity contribution in [1.29, 1.82) is 0 Å². The van der Waals surface area contributed by atoms with Crippen LogP contribution in [0.25, 0.3) is 5.57 Å². The molecule has 1 heterocycles. The van der Waals surface area contributed by atoms with E-state index in [4.69, 9.17) is 4.74 Å². The van der Waals surface area contributed by atoms with Gasteiger partial charge in [0.05, 0.1) is 15.7 Å². The first-order chi connectivity index (χ1) is 11.1. The molecule has 1 aliphatic rings. The molecule has 1 amide bonds. The van der Waals surface area contributed by atoms with E-state index in [1.807, 2.05) is 0 Å². The summed E-state index contributed by atoms with van der Waals surface area (Å²) in [5.74, 6) is -0.834. The van der Waals surface area contributed by atoms with E-state index in [2.05, 4.69) is 11.3 Å². The van der Waals surface area contributed by atoms with Gasteiger partial charge in [-0.3, -0.25) is 9.59 Å². The van der Waals surface area contributed by atoms with Crippen LogP contribution in [0.4, 0.5) is 0 Å². The Balaban J connectivity index is 2.07. The van der Waals surface area contributed by atoms with Gasteiger partial charge in [0.1, 0.15) is 6.54 Å². The molecule has 1 aromatic carbocycles. The van der Waals surface area contributed by atoms with Crippen LogP contribution in [0.1, 0.15) is 36.7 Å². The van der Waals surface area contributed by atoms with Gasteiger partial charge in [0.25, 0.3) is 5.91 Å². The van der Waals surface area contributed by atoms with Crippen LogP contribution >= 0.6 is 0 Å². The standard InChI is InChI=1S/C17H22N2O4S/c1-11-12-8-6-7-9-13(12)15(21)19(5)16(11)23-14(20)10-18-24(22)17(2,3)4/h6-9,16,18H,1,10H2,2-5H3. The molecule has 0 aliphatic carbocycles. The number of rotatable bonds is 4. The Morgan fingerprint density at radius 3 is 2.50 bits per heavy atom. The van der Waals surface area contributed by atoms with Crippen molar-refractivity contribution in [3.05, 3.63) is 42.0 Å². The molecule has 0 radical (unpaired) electrons. The van der Waals surface area contributed by atoms with Crippen LogP contribution in [-0.2, 0) is 20.5 Å². The van der Waals surface area contributed by atoms with Crippen molar-refractivity contribution in [3.8, 4) is 0 Å². The molecule has 2 rings (SSSR count). The molecule has 24 heavy (non-hydrogen) atoms. The summed E-state index contributed by atoms with van der Waals surface area (Å²) in [6.45, 7) is 9.15. The molecule has 2 atom stereocenters. The first kappa shape index (κ1) is 18.4. The van der Waals surface area contributed by atoms with Crippen molar-refractivity contribution in [1.82, 2.24) is 9.62 Å². The number of likely N-dealkylation sites (N-methyl/N-ethyl adjacent to an activating group) is 1. The molecule has 0 spiro atoms. The zero-order valence-electron chi connectivity index (χ0n) is 14.3. The third-order valence-electron chi connectivity index (χ3n) is 3.62. The number of hydrogen-bond donors (Lipinski definition) is 1. The monoisotopic (exact) mass is 350 g/mol. The number of amides is 1. The maximum Gasteiger partial charge on any atom is 0.323 e. The summed E-state index contributed by atoms with van der Waals surface area (Å²) >= 11 is 0. The van der Waals surface area contributed by atoms with E-state index in [0.29, 0.717) is 16.7 Å². The molecule has 7 heteroatoms. The Labute approximate surface area is 144 Å². The van der Waals surface area contributed by atoms with Gasteiger partial charge in [0.15, 0.2) is 0 Å². The van der Waals surface area contributed by atoms with Gasteiger partial charge in [0.2, 0.25) is 6.23 Å². The van der Waals surface area contributed by atoms with Gasteiger partial charge in [0, 0.05) is 18.2 Å². The van der Waals surface area contributed by atoms with E-state index in [9.17, 15) is 13.8 Å². The molecule has 0 aromatic heterocycles. The minimum atomic E-state index is -1.38. The Bertz CT molecular complexity index is 709. The van der Waals surface area contributed by atoms with Gasteiger partial charge in [-0.1, -0.05) is 24.8 Å². The highest BCUT2D eigenvalue weighted by molar-refractivity contribution is 7.84. The third kappa shape index (κ3) is 3.73. The van der Waals surface area contributed by atoms with Crippen LogP contribution in [0.2, 0.25) is 0 Å². The summed E-state index contributed by atoms with van der Waals surface area (Å²) in [7, 11) is 0.179. The van der Waals surface area contributed by atoms with Gasteiger partial charge in [-0.05, 0) is 32.4 Å². The lowest BCUT2D eigenvalue weighted by molar-refractivity contribution is -0.149. The molecule has 0 saturated carbocycles. The zero-order chi connectivity index (χ0) is 18.1. The second-order valence-corrected chi connectivity index (χ2v) is 8.58. The normalized spacial score (nSPS) is 19.0. The lowest BCUT2D eigenvalue weighted by Crippen LogP contribution is -2.46. The fourth-order valence-corrected chi connectivity index (χ4v) is 2.95. The van der Waals surface area contributed by atoms with Crippen molar-refractivity contribution in [2.45, 2.75) is 31.7 Å². The van der Waals surface area contributed by atoms with Gasteiger partial charge >= 0.3 is 5.97 Å². The molecule has 0 saturated heterocycles. The first-order valence-corrected chi connectivity index (χ1v) is 8.68. The summed E-state index contributed by atoms with van der Waals surface area (Å²) in [6, 6.07) is 7.06. The summed E-state index contributed by atoms with van der Waals surface area (Å²) in [5.41, 5.74) is 1.74. The van der Waals surface area contributed by atoms with Gasteiger partial charge < -0.3 is 9.64 Å².